The summed E-state index contributed by atoms with van der Waals surface area (Å²) < 4.78 is 18.3. The zero-order chi connectivity index (χ0) is 19.1. The Morgan fingerprint density at radius 3 is 2.19 bits per heavy atom. The number of benzene rings is 2. The van der Waals surface area contributed by atoms with E-state index in [1.54, 1.807) is 7.11 Å². The van der Waals surface area contributed by atoms with Crippen LogP contribution in [0.25, 0.3) is 0 Å². The number of nitrogens with one attached hydrogen (secondary N) is 1. The fourth-order valence-corrected chi connectivity index (χ4v) is 3.81. The van der Waals surface area contributed by atoms with Crippen molar-refractivity contribution in [1.29, 1.82) is 0 Å². The molecule has 0 saturated carbocycles. The Kier molecular flexibility index (Phi) is 7.41. The number of hydrogen-bond donors (Lipinski definition) is 1. The summed E-state index contributed by atoms with van der Waals surface area (Å²) in [6, 6.07) is 20.7. The first kappa shape index (κ1) is 20.0. The van der Waals surface area contributed by atoms with Crippen molar-refractivity contribution in [1.82, 2.24) is 5.32 Å². The van der Waals surface area contributed by atoms with Crippen molar-refractivity contribution in [3.8, 4) is 0 Å². The van der Waals surface area contributed by atoms with Gasteiger partial charge in [0.2, 0.25) is 0 Å². The van der Waals surface area contributed by atoms with Crippen LogP contribution < -0.4 is 5.32 Å². The van der Waals surface area contributed by atoms with Crippen molar-refractivity contribution in [2.75, 3.05) is 7.11 Å². The summed E-state index contributed by atoms with van der Waals surface area (Å²) in [6.07, 6.45) is 0.760. The molecular weight excluding hydrogens is 338 g/mol. The Morgan fingerprint density at radius 2 is 1.59 bits per heavy atom. The summed E-state index contributed by atoms with van der Waals surface area (Å²) in [6.45, 7) is 5.71. The van der Waals surface area contributed by atoms with Crippen LogP contribution in [0.2, 0.25) is 0 Å². The van der Waals surface area contributed by atoms with Gasteiger partial charge in [-0.3, -0.25) is 0 Å². The third kappa shape index (κ3) is 5.17. The van der Waals surface area contributed by atoms with E-state index in [1.165, 1.54) is 11.1 Å². The monoisotopic (exact) mass is 369 g/mol. The predicted molar refractivity (Wildman–Crippen MR) is 107 cm³/mol. The summed E-state index contributed by atoms with van der Waals surface area (Å²) in [5.74, 6) is 0.276. The summed E-state index contributed by atoms with van der Waals surface area (Å²) in [4.78, 5) is 0. The summed E-state index contributed by atoms with van der Waals surface area (Å²) in [5.41, 5.74) is 2.42. The molecule has 0 amide bonds. The average molecular weight is 370 g/mol. The van der Waals surface area contributed by atoms with Crippen LogP contribution in [0.1, 0.15) is 31.4 Å². The molecule has 2 aromatic carbocycles. The van der Waals surface area contributed by atoms with Gasteiger partial charge in [0.1, 0.15) is 0 Å². The molecule has 1 unspecified atom stereocenters. The SMILES string of the molecule is CC[C@H]1OC(OC)[C@H](NCc2ccccc2)[C@@H](OCc2ccccc2)[C@H]1C. The van der Waals surface area contributed by atoms with Crippen LogP contribution >= 0.6 is 0 Å². The molecule has 5 atom stereocenters. The molecule has 27 heavy (non-hydrogen) atoms. The highest BCUT2D eigenvalue weighted by Crippen LogP contribution is 2.31. The van der Waals surface area contributed by atoms with Gasteiger partial charge in [0.25, 0.3) is 0 Å². The second-order valence-corrected chi connectivity index (χ2v) is 7.20. The van der Waals surface area contributed by atoms with Crippen LogP contribution in [-0.4, -0.2) is 31.6 Å². The Hall–Kier alpha value is -1.72. The van der Waals surface area contributed by atoms with Gasteiger partial charge in [0.05, 0.1) is 24.9 Å². The molecule has 146 valence electrons. The number of hydrogen-bond acceptors (Lipinski definition) is 4. The average Bonchev–Trinajstić information content (AvgIpc) is 2.73. The van der Waals surface area contributed by atoms with Crippen LogP contribution in [0.4, 0.5) is 0 Å². The van der Waals surface area contributed by atoms with Gasteiger partial charge < -0.3 is 19.5 Å². The fourth-order valence-electron chi connectivity index (χ4n) is 3.81. The number of ether oxygens (including phenoxy) is 3. The van der Waals surface area contributed by atoms with Crippen LogP contribution in [-0.2, 0) is 27.4 Å². The largest absolute Gasteiger partial charge is 0.371 e. The summed E-state index contributed by atoms with van der Waals surface area (Å²) in [5, 5.41) is 3.63. The maximum absolute atomic E-state index is 6.42. The maximum atomic E-state index is 6.42. The van der Waals surface area contributed by atoms with E-state index in [-0.39, 0.29) is 30.5 Å². The third-order valence-corrected chi connectivity index (χ3v) is 5.37. The van der Waals surface area contributed by atoms with E-state index in [0.29, 0.717) is 6.61 Å². The highest BCUT2D eigenvalue weighted by Gasteiger charge is 2.43. The van der Waals surface area contributed by atoms with Crippen molar-refractivity contribution in [3.05, 3.63) is 71.8 Å². The first-order valence-electron chi connectivity index (χ1n) is 9.84. The Bertz CT molecular complexity index is 664. The van der Waals surface area contributed by atoms with Crippen LogP contribution in [0.15, 0.2) is 60.7 Å². The van der Waals surface area contributed by atoms with E-state index in [0.717, 1.165) is 13.0 Å². The molecule has 1 heterocycles. The third-order valence-electron chi connectivity index (χ3n) is 5.37. The van der Waals surface area contributed by atoms with Crippen LogP contribution in [0, 0.1) is 5.92 Å². The van der Waals surface area contributed by atoms with Crippen LogP contribution in [0.5, 0.6) is 0 Å². The number of methoxy groups -OCH3 is 1. The molecule has 1 aliphatic rings. The molecule has 1 saturated heterocycles. The molecule has 3 rings (SSSR count). The zero-order valence-corrected chi connectivity index (χ0v) is 16.5. The molecule has 0 spiro atoms. The van der Waals surface area contributed by atoms with Crippen molar-refractivity contribution < 1.29 is 14.2 Å². The van der Waals surface area contributed by atoms with E-state index in [2.05, 4.69) is 55.6 Å². The van der Waals surface area contributed by atoms with Gasteiger partial charge >= 0.3 is 0 Å². The van der Waals surface area contributed by atoms with Gasteiger partial charge in [-0.05, 0) is 17.5 Å². The molecule has 1 N–H and O–H groups in total. The topological polar surface area (TPSA) is 39.7 Å². The molecule has 0 aromatic heterocycles. The molecule has 0 aliphatic carbocycles. The molecular formula is C23H31NO3. The normalized spacial score (nSPS) is 28.2. The van der Waals surface area contributed by atoms with E-state index in [1.807, 2.05) is 24.3 Å². The molecule has 0 bridgehead atoms. The quantitative estimate of drug-likeness (QED) is 0.759. The lowest BCUT2D eigenvalue weighted by molar-refractivity contribution is -0.250. The van der Waals surface area contributed by atoms with Gasteiger partial charge in [0.15, 0.2) is 6.29 Å². The van der Waals surface area contributed by atoms with E-state index < -0.39 is 0 Å². The lowest BCUT2D eigenvalue weighted by Gasteiger charge is -2.45. The van der Waals surface area contributed by atoms with Crippen molar-refractivity contribution in [3.63, 3.8) is 0 Å². The minimum Gasteiger partial charge on any atom is -0.371 e. The minimum atomic E-state index is -0.323. The Morgan fingerprint density at radius 1 is 0.963 bits per heavy atom. The van der Waals surface area contributed by atoms with Gasteiger partial charge in [-0.2, -0.15) is 0 Å². The maximum Gasteiger partial charge on any atom is 0.175 e. The first-order chi connectivity index (χ1) is 13.2. The van der Waals surface area contributed by atoms with Crippen molar-refractivity contribution in [2.24, 2.45) is 5.92 Å². The summed E-state index contributed by atoms with van der Waals surface area (Å²) in [7, 11) is 1.71. The highest BCUT2D eigenvalue weighted by molar-refractivity contribution is 5.15. The van der Waals surface area contributed by atoms with E-state index >= 15 is 0 Å². The van der Waals surface area contributed by atoms with Crippen molar-refractivity contribution >= 4 is 0 Å². The van der Waals surface area contributed by atoms with Crippen molar-refractivity contribution in [2.45, 2.75) is 58.0 Å². The standard InChI is InChI=1S/C23H31NO3/c1-4-20-17(2)22(26-16-19-13-9-6-10-14-19)21(23(25-3)27-20)24-15-18-11-7-5-8-12-18/h5-14,17,20-24H,4,15-16H2,1-3H3/t17-,20+,21+,22-,23?/m0/s1. The van der Waals surface area contributed by atoms with E-state index in [4.69, 9.17) is 14.2 Å². The first-order valence-corrected chi connectivity index (χ1v) is 9.84. The van der Waals surface area contributed by atoms with Gasteiger partial charge in [-0.1, -0.05) is 74.5 Å². The molecule has 1 fully saturated rings. The van der Waals surface area contributed by atoms with Crippen LogP contribution in [0.3, 0.4) is 0 Å². The molecule has 0 radical (unpaired) electrons. The lowest BCUT2D eigenvalue weighted by atomic mass is 9.87. The highest BCUT2D eigenvalue weighted by atomic mass is 16.7. The molecule has 4 heteroatoms. The fraction of sp³-hybridized carbons (Fsp3) is 0.478. The Labute approximate surface area is 162 Å². The molecule has 1 aliphatic heterocycles. The van der Waals surface area contributed by atoms with Gasteiger partial charge in [0, 0.05) is 19.6 Å². The van der Waals surface area contributed by atoms with Gasteiger partial charge in [-0.25, -0.2) is 0 Å². The second-order valence-electron chi connectivity index (χ2n) is 7.20. The zero-order valence-electron chi connectivity index (χ0n) is 16.5. The summed E-state index contributed by atoms with van der Waals surface area (Å²) >= 11 is 0. The Balaban J connectivity index is 1.73. The van der Waals surface area contributed by atoms with Gasteiger partial charge in [-0.15, -0.1) is 0 Å². The second kappa shape index (κ2) is 10.00. The lowest BCUT2D eigenvalue weighted by Crippen LogP contribution is -2.60. The predicted octanol–water partition coefficient (Wildman–Crippen LogP) is 4.15. The number of rotatable bonds is 8. The van der Waals surface area contributed by atoms with E-state index in [9.17, 15) is 0 Å². The molecule has 2 aromatic rings. The molecule has 4 nitrogen and oxygen atoms in total. The minimum absolute atomic E-state index is 0.0116. The smallest absolute Gasteiger partial charge is 0.175 e.